The smallest absolute Gasteiger partial charge is 0.678 e. The van der Waals surface area contributed by atoms with Crippen LogP contribution in [0.4, 0.5) is 34.1 Å². The molecule has 8 heteroatoms. The van der Waals surface area contributed by atoms with Crippen LogP contribution < -0.4 is 0 Å². The van der Waals surface area contributed by atoms with Gasteiger partial charge in [-0.15, -0.1) is 34.1 Å². The van der Waals surface area contributed by atoms with Gasteiger partial charge in [-0.2, -0.15) is 0 Å². The first-order valence-corrected chi connectivity index (χ1v) is 28.7. The van der Waals surface area contributed by atoms with E-state index in [1.165, 1.54) is 61.2 Å². The zero-order valence-corrected chi connectivity index (χ0v) is 59.6. The molecule has 0 bridgehead atoms. The van der Waals surface area contributed by atoms with E-state index in [0.717, 1.165) is 93.0 Å². The molecule has 0 radical (unpaired) electrons. The minimum atomic E-state index is 0. The Labute approximate surface area is 548 Å². The van der Waals surface area contributed by atoms with Crippen LogP contribution in [0.2, 0.25) is 0 Å². The molecular formula is C77H84Hf2N6. The van der Waals surface area contributed by atoms with Crippen LogP contribution in [-0.2, 0) is 64.5 Å². The molecular weight excluding hydrogens is 1370 g/mol. The van der Waals surface area contributed by atoms with E-state index in [0.29, 0.717) is 23.7 Å². The minimum Gasteiger partial charge on any atom is -0.678 e. The third-order valence-electron chi connectivity index (χ3n) is 16.0. The van der Waals surface area contributed by atoms with Gasteiger partial charge in [0.1, 0.15) is 0 Å². The molecule has 8 aromatic carbocycles. The van der Waals surface area contributed by atoms with E-state index in [4.69, 9.17) is 31.2 Å². The van der Waals surface area contributed by atoms with Crippen LogP contribution in [0.1, 0.15) is 154 Å². The van der Waals surface area contributed by atoms with Gasteiger partial charge in [0, 0.05) is 11.1 Å². The van der Waals surface area contributed by atoms with Gasteiger partial charge in [0.25, 0.3) is 0 Å². The number of nitrogens with zero attached hydrogens (tertiary/aromatic N) is 6. The van der Waals surface area contributed by atoms with Gasteiger partial charge in [-0.05, 0) is 88.6 Å². The molecule has 0 aliphatic heterocycles. The second-order valence-electron chi connectivity index (χ2n) is 22.7. The van der Waals surface area contributed by atoms with Gasteiger partial charge < -0.3 is 51.0 Å². The number of hydrogen-bond donors (Lipinski definition) is 0. The molecule has 0 spiro atoms. The Kier molecular flexibility index (Phi) is 25.1. The number of aromatic nitrogens is 2. The van der Waals surface area contributed by atoms with Crippen LogP contribution >= 0.6 is 0 Å². The van der Waals surface area contributed by atoms with Crippen molar-refractivity contribution in [2.75, 3.05) is 0 Å². The van der Waals surface area contributed by atoms with Gasteiger partial charge in [-0.25, -0.2) is 9.97 Å². The molecule has 0 fully saturated rings. The van der Waals surface area contributed by atoms with Crippen molar-refractivity contribution >= 4 is 55.9 Å². The number of hydrogen-bond acceptors (Lipinski definition) is 2. The minimum absolute atomic E-state index is 0. The SMILES string of the molecule is CC(C)c1cccc(C(C)C)c1[N-]c1cccc2ccc(-c3cccc4c3C([N-]c3ccccc3)CC4)nc12.Cc1ccccc1[N-]C1CCc2cccc(-c3ccc4cccc([N-]c5c(C(C)C)cccc5C(C)C)c4n3)c21.[CH3-].[CH3-].[CH3-].[CH3-].[Hf+4].[Hf+4]. The number of fused-ring (bicyclic) bond motifs is 4. The fraction of sp³-hybridized carbons (Fsp3) is 0.247. The predicted molar refractivity (Wildman–Crippen MR) is 360 cm³/mol. The average molecular weight is 1450 g/mol. The number of aryl methyl sites for hydroxylation is 3. The van der Waals surface area contributed by atoms with Crippen molar-refractivity contribution in [1.82, 2.24) is 9.97 Å². The maximum Gasteiger partial charge on any atom is 4.00 e. The first-order chi connectivity index (χ1) is 38.4. The molecule has 2 unspecified atom stereocenters. The van der Waals surface area contributed by atoms with Crippen LogP contribution in [0.15, 0.2) is 188 Å². The maximum absolute atomic E-state index is 5.32. The number of para-hydroxylation sites is 6. The second-order valence-corrected chi connectivity index (χ2v) is 22.7. The third kappa shape index (κ3) is 14.9. The predicted octanol–water partition coefficient (Wildman–Crippen LogP) is 24.5. The Morgan fingerprint density at radius 2 is 0.753 bits per heavy atom. The summed E-state index contributed by atoms with van der Waals surface area (Å²) >= 11 is 0. The summed E-state index contributed by atoms with van der Waals surface area (Å²) in [6.45, 7) is 20.1. The Balaban J connectivity index is 0.000000290. The first-order valence-electron chi connectivity index (χ1n) is 28.7. The summed E-state index contributed by atoms with van der Waals surface area (Å²) in [6, 6.07) is 66.8. The zero-order chi connectivity index (χ0) is 54.7. The van der Waals surface area contributed by atoms with Crippen molar-refractivity contribution in [2.24, 2.45) is 0 Å². The summed E-state index contributed by atoms with van der Waals surface area (Å²) in [5.41, 5.74) is 24.1. The molecule has 0 saturated carbocycles. The van der Waals surface area contributed by atoms with Crippen LogP contribution in [0.5, 0.6) is 0 Å². The van der Waals surface area contributed by atoms with Crippen molar-refractivity contribution in [3.8, 4) is 22.5 Å². The van der Waals surface area contributed by atoms with Crippen LogP contribution in [0, 0.1) is 36.6 Å². The van der Waals surface area contributed by atoms with Crippen molar-refractivity contribution in [2.45, 2.75) is 124 Å². The molecule has 430 valence electrons. The van der Waals surface area contributed by atoms with E-state index in [1.807, 2.05) is 6.07 Å². The molecule has 6 nitrogen and oxygen atoms in total. The number of rotatable bonds is 14. The molecule has 2 aliphatic rings. The van der Waals surface area contributed by atoms with Crippen molar-refractivity contribution in [3.63, 3.8) is 0 Å². The van der Waals surface area contributed by atoms with Gasteiger partial charge in [-0.3, -0.25) is 0 Å². The molecule has 2 atom stereocenters. The first kappa shape index (κ1) is 69.3. The Bertz CT molecular complexity index is 3760. The molecule has 2 aromatic heterocycles. The second kappa shape index (κ2) is 30.7. The van der Waals surface area contributed by atoms with Gasteiger partial charge >= 0.3 is 51.7 Å². The fourth-order valence-corrected chi connectivity index (χ4v) is 11.9. The van der Waals surface area contributed by atoms with E-state index in [1.54, 1.807) is 0 Å². The Morgan fingerprint density at radius 3 is 1.18 bits per heavy atom. The standard InChI is InChI=1S/C37H37N3.C36H35N3.4CH3.2Hf/c1-23(2)28-14-10-15-29(24(3)4)37(28)40-34-18-9-13-27-20-21-32(39-36(27)34)30-16-8-12-26-19-22-33(35(26)30)38-31-17-7-6-11-25(31)5;1-23(2)28-15-10-16-29(24(3)4)36(28)39-33-18-9-12-26-20-21-31(38-35(26)33)30-17-8-11-25-19-22-32(34(25)30)37-27-13-6-5-7-14-27;;;;;;/h6-18,20-21,23-24,33H,19,22H2,1-5H3;5-18,20-21,23-24,32H,19,22H2,1-4H3;4*1H3;;/q2*-2;4*-1;2*+4. The van der Waals surface area contributed by atoms with Crippen molar-refractivity contribution < 1.29 is 51.7 Å². The van der Waals surface area contributed by atoms with Crippen molar-refractivity contribution in [1.29, 1.82) is 0 Å². The summed E-state index contributed by atoms with van der Waals surface area (Å²) < 4.78 is 0. The third-order valence-corrected chi connectivity index (χ3v) is 16.0. The van der Waals surface area contributed by atoms with Crippen molar-refractivity contribution in [3.05, 3.63) is 289 Å². The van der Waals surface area contributed by atoms with Gasteiger partial charge in [0.15, 0.2) is 0 Å². The monoisotopic (exact) mass is 1450 g/mol. The van der Waals surface area contributed by atoms with Crippen LogP contribution in [0.25, 0.3) is 65.6 Å². The average Bonchev–Trinajstić information content (AvgIpc) is 4.32. The topological polar surface area (TPSA) is 82.2 Å². The van der Waals surface area contributed by atoms with E-state index < -0.39 is 0 Å². The maximum atomic E-state index is 5.32. The largest absolute Gasteiger partial charge is 4.00 e. The fourth-order valence-electron chi connectivity index (χ4n) is 11.9. The molecule has 0 N–H and O–H groups in total. The van der Waals surface area contributed by atoms with Gasteiger partial charge in [0.2, 0.25) is 0 Å². The van der Waals surface area contributed by atoms with E-state index in [2.05, 4.69) is 244 Å². The van der Waals surface area contributed by atoms with Crippen LogP contribution in [-0.4, -0.2) is 9.97 Å². The Morgan fingerprint density at radius 1 is 0.376 bits per heavy atom. The summed E-state index contributed by atoms with van der Waals surface area (Å²) in [4.78, 5) is 10.6. The summed E-state index contributed by atoms with van der Waals surface area (Å²) in [5, 5.41) is 23.2. The molecule has 10 aromatic rings. The summed E-state index contributed by atoms with van der Waals surface area (Å²) in [5.74, 6) is 1.55. The quantitative estimate of drug-likeness (QED) is 0.0803. The molecule has 85 heavy (non-hydrogen) atoms. The zero-order valence-electron chi connectivity index (χ0n) is 52.4. The van der Waals surface area contributed by atoms with Crippen LogP contribution in [0.3, 0.4) is 0 Å². The molecule has 2 aliphatic carbocycles. The molecule has 0 saturated heterocycles. The van der Waals surface area contributed by atoms with Gasteiger partial charge in [-0.1, -0.05) is 284 Å². The van der Waals surface area contributed by atoms with E-state index >= 15 is 0 Å². The molecule has 12 rings (SSSR count). The van der Waals surface area contributed by atoms with E-state index in [9.17, 15) is 0 Å². The molecule has 2 heterocycles. The summed E-state index contributed by atoms with van der Waals surface area (Å²) in [6.07, 6.45) is 4.14. The number of pyridine rings is 2. The summed E-state index contributed by atoms with van der Waals surface area (Å²) in [7, 11) is 0. The normalized spacial score (nSPS) is 13.6. The molecule has 0 amide bonds. The van der Waals surface area contributed by atoms with Gasteiger partial charge in [0.05, 0.1) is 22.4 Å². The Hall–Kier alpha value is -6.48. The van der Waals surface area contributed by atoms with E-state index in [-0.39, 0.29) is 93.5 Å². The number of benzene rings is 8.